The second-order valence-corrected chi connectivity index (χ2v) is 8.05. The topological polar surface area (TPSA) is 48.5 Å². The van der Waals surface area contributed by atoms with Gasteiger partial charge >= 0.3 is 6.03 Å². The Morgan fingerprint density at radius 1 is 1.19 bits per heavy atom. The molecule has 2 amide bonds. The highest BCUT2D eigenvalue weighted by Crippen LogP contribution is 2.24. The van der Waals surface area contributed by atoms with Crippen molar-refractivity contribution in [2.75, 3.05) is 29.9 Å². The van der Waals surface area contributed by atoms with Gasteiger partial charge in [0, 0.05) is 37.6 Å². The van der Waals surface area contributed by atoms with Gasteiger partial charge in [0.15, 0.2) is 11.6 Å². The van der Waals surface area contributed by atoms with Gasteiger partial charge in [0.2, 0.25) is 0 Å². The third-order valence-corrected chi connectivity index (χ3v) is 4.93. The highest BCUT2D eigenvalue weighted by atomic mass is 19.1. The third kappa shape index (κ3) is 4.38. The molecule has 0 saturated carbocycles. The predicted molar refractivity (Wildman–Crippen MR) is 107 cm³/mol. The molecule has 5 nitrogen and oxygen atoms in total. The lowest BCUT2D eigenvalue weighted by Crippen LogP contribution is -2.55. The Bertz CT molecular complexity index is 801. The van der Waals surface area contributed by atoms with Crippen molar-refractivity contribution in [2.24, 2.45) is 0 Å². The first-order valence-corrected chi connectivity index (χ1v) is 9.29. The van der Waals surface area contributed by atoms with Crippen LogP contribution in [0.15, 0.2) is 42.6 Å². The standard InChI is InChI=1S/C21H27FN4O/c1-15-14-25(19-18(22)6-5-11-23-19)12-13-26(15)20(27)24-17-9-7-16(8-10-17)21(2,3)4/h5-11,15H,12-14H2,1-4H3,(H,24,27). The number of amides is 2. The number of urea groups is 1. The summed E-state index contributed by atoms with van der Waals surface area (Å²) >= 11 is 0. The average molecular weight is 370 g/mol. The Hall–Kier alpha value is -2.63. The van der Waals surface area contributed by atoms with E-state index >= 15 is 0 Å². The zero-order valence-corrected chi connectivity index (χ0v) is 16.4. The molecule has 27 heavy (non-hydrogen) atoms. The molecular weight excluding hydrogens is 343 g/mol. The minimum Gasteiger partial charge on any atom is -0.350 e. The fourth-order valence-corrected chi connectivity index (χ4v) is 3.31. The van der Waals surface area contributed by atoms with Crippen LogP contribution in [0, 0.1) is 5.82 Å². The first-order valence-electron chi connectivity index (χ1n) is 9.29. The SMILES string of the molecule is CC1CN(c2ncccc2F)CCN1C(=O)Nc1ccc(C(C)(C)C)cc1. The van der Waals surface area contributed by atoms with Gasteiger partial charge in [-0.25, -0.2) is 14.2 Å². The van der Waals surface area contributed by atoms with Crippen molar-refractivity contribution >= 4 is 17.5 Å². The van der Waals surface area contributed by atoms with Crippen LogP contribution in [0.2, 0.25) is 0 Å². The lowest BCUT2D eigenvalue weighted by Gasteiger charge is -2.40. The number of piperazine rings is 1. The van der Waals surface area contributed by atoms with Gasteiger partial charge < -0.3 is 15.1 Å². The van der Waals surface area contributed by atoms with E-state index in [1.165, 1.54) is 11.6 Å². The van der Waals surface area contributed by atoms with Crippen LogP contribution in [0.4, 0.5) is 20.7 Å². The van der Waals surface area contributed by atoms with E-state index in [2.05, 4.69) is 31.1 Å². The summed E-state index contributed by atoms with van der Waals surface area (Å²) < 4.78 is 14.0. The Balaban J connectivity index is 1.62. The molecule has 1 unspecified atom stereocenters. The number of anilines is 2. The monoisotopic (exact) mass is 370 g/mol. The minimum absolute atomic E-state index is 0.0472. The summed E-state index contributed by atoms with van der Waals surface area (Å²) in [6.45, 7) is 10.1. The number of carbonyl (C=O) groups is 1. The van der Waals surface area contributed by atoms with Gasteiger partial charge in [-0.3, -0.25) is 0 Å². The van der Waals surface area contributed by atoms with E-state index in [1.54, 1.807) is 17.2 Å². The van der Waals surface area contributed by atoms with Crippen LogP contribution < -0.4 is 10.2 Å². The number of nitrogens with one attached hydrogen (secondary N) is 1. The molecule has 1 aromatic heterocycles. The zero-order valence-electron chi connectivity index (χ0n) is 16.4. The summed E-state index contributed by atoms with van der Waals surface area (Å²) in [6, 6.07) is 10.8. The van der Waals surface area contributed by atoms with Gasteiger partial charge in [0.05, 0.1) is 0 Å². The van der Waals surface area contributed by atoms with Gasteiger partial charge in [-0.2, -0.15) is 0 Å². The molecule has 3 rings (SSSR count). The number of hydrogen-bond donors (Lipinski definition) is 1. The van der Waals surface area contributed by atoms with E-state index in [9.17, 15) is 9.18 Å². The normalized spacial score (nSPS) is 17.7. The Morgan fingerprint density at radius 3 is 2.48 bits per heavy atom. The second kappa shape index (κ2) is 7.55. The van der Waals surface area contributed by atoms with Crippen molar-refractivity contribution in [1.29, 1.82) is 0 Å². The number of halogens is 1. The lowest BCUT2D eigenvalue weighted by atomic mass is 9.87. The van der Waals surface area contributed by atoms with Crippen molar-refractivity contribution in [1.82, 2.24) is 9.88 Å². The van der Waals surface area contributed by atoms with Crippen molar-refractivity contribution in [3.05, 3.63) is 54.0 Å². The van der Waals surface area contributed by atoms with Crippen LogP contribution in [0.1, 0.15) is 33.3 Å². The largest absolute Gasteiger partial charge is 0.350 e. The summed E-state index contributed by atoms with van der Waals surface area (Å²) in [4.78, 5) is 20.5. The fraction of sp³-hybridized carbons (Fsp3) is 0.429. The number of nitrogens with zero attached hydrogens (tertiary/aromatic N) is 3. The maximum absolute atomic E-state index is 14.0. The molecule has 1 atom stereocenters. The summed E-state index contributed by atoms with van der Waals surface area (Å²) in [5, 5.41) is 2.97. The van der Waals surface area contributed by atoms with Gasteiger partial charge in [0.1, 0.15) is 0 Å². The zero-order chi connectivity index (χ0) is 19.6. The van der Waals surface area contributed by atoms with Gasteiger partial charge in [-0.15, -0.1) is 0 Å². The fourth-order valence-electron chi connectivity index (χ4n) is 3.31. The Labute approximate surface area is 160 Å². The molecule has 1 aliphatic heterocycles. The van der Waals surface area contributed by atoms with Crippen LogP contribution in [-0.4, -0.2) is 41.6 Å². The lowest BCUT2D eigenvalue weighted by molar-refractivity contribution is 0.184. The Kier molecular flexibility index (Phi) is 5.35. The molecule has 0 radical (unpaired) electrons. The van der Waals surface area contributed by atoms with Gasteiger partial charge in [-0.1, -0.05) is 32.9 Å². The molecular formula is C21H27FN4O. The van der Waals surface area contributed by atoms with Gasteiger partial charge in [-0.05, 0) is 42.2 Å². The van der Waals surface area contributed by atoms with Crippen molar-refractivity contribution in [3.63, 3.8) is 0 Å². The molecule has 0 aliphatic carbocycles. The van der Waals surface area contributed by atoms with E-state index in [0.717, 1.165) is 5.69 Å². The number of aromatic nitrogens is 1. The number of hydrogen-bond acceptors (Lipinski definition) is 3. The molecule has 1 aromatic carbocycles. The molecule has 144 valence electrons. The molecule has 2 heterocycles. The number of pyridine rings is 1. The average Bonchev–Trinajstić information content (AvgIpc) is 2.61. The molecule has 1 fully saturated rings. The molecule has 0 bridgehead atoms. The van der Waals surface area contributed by atoms with Crippen LogP contribution in [0.25, 0.3) is 0 Å². The highest BCUT2D eigenvalue weighted by Gasteiger charge is 2.29. The number of rotatable bonds is 2. The van der Waals surface area contributed by atoms with Crippen LogP contribution in [-0.2, 0) is 5.41 Å². The summed E-state index contributed by atoms with van der Waals surface area (Å²) in [5.41, 5.74) is 2.08. The van der Waals surface area contributed by atoms with E-state index in [4.69, 9.17) is 0 Å². The van der Waals surface area contributed by atoms with E-state index in [1.807, 2.05) is 36.1 Å². The quantitative estimate of drug-likeness (QED) is 0.859. The third-order valence-electron chi connectivity index (χ3n) is 4.93. The van der Waals surface area contributed by atoms with E-state index in [-0.39, 0.29) is 23.3 Å². The minimum atomic E-state index is -0.332. The van der Waals surface area contributed by atoms with Crippen LogP contribution in [0.3, 0.4) is 0 Å². The summed E-state index contributed by atoms with van der Waals surface area (Å²) in [6.07, 6.45) is 1.59. The molecule has 2 aromatic rings. The van der Waals surface area contributed by atoms with E-state index < -0.39 is 0 Å². The molecule has 1 N–H and O–H groups in total. The highest BCUT2D eigenvalue weighted by molar-refractivity contribution is 5.89. The van der Waals surface area contributed by atoms with Crippen molar-refractivity contribution < 1.29 is 9.18 Å². The molecule has 1 saturated heterocycles. The molecule has 1 aliphatic rings. The summed E-state index contributed by atoms with van der Waals surface area (Å²) in [7, 11) is 0. The Morgan fingerprint density at radius 2 is 1.89 bits per heavy atom. The van der Waals surface area contributed by atoms with Gasteiger partial charge in [0.25, 0.3) is 0 Å². The summed E-state index contributed by atoms with van der Waals surface area (Å²) in [5.74, 6) is 0.0173. The van der Waals surface area contributed by atoms with Crippen LogP contribution >= 0.6 is 0 Å². The smallest absolute Gasteiger partial charge is 0.322 e. The first kappa shape index (κ1) is 19.1. The van der Waals surface area contributed by atoms with E-state index in [0.29, 0.717) is 25.5 Å². The maximum Gasteiger partial charge on any atom is 0.322 e. The number of carbonyl (C=O) groups excluding carboxylic acids is 1. The molecule has 0 spiro atoms. The van der Waals surface area contributed by atoms with Crippen molar-refractivity contribution in [3.8, 4) is 0 Å². The van der Waals surface area contributed by atoms with Crippen LogP contribution in [0.5, 0.6) is 0 Å². The second-order valence-electron chi connectivity index (χ2n) is 8.05. The maximum atomic E-state index is 14.0. The number of benzene rings is 1. The first-order chi connectivity index (χ1) is 12.8. The predicted octanol–water partition coefficient (Wildman–Crippen LogP) is 4.26. The van der Waals surface area contributed by atoms with Crippen molar-refractivity contribution in [2.45, 2.75) is 39.2 Å². The molecule has 6 heteroatoms.